The average Bonchev–Trinajstić information content (AvgIpc) is 2.68. The van der Waals surface area contributed by atoms with Crippen molar-refractivity contribution in [2.75, 3.05) is 0 Å². The van der Waals surface area contributed by atoms with Crippen molar-refractivity contribution in [1.82, 2.24) is 10.1 Å². The number of rotatable bonds is 2. The largest absolute Gasteiger partial charge is 0.339 e. The molecule has 0 spiro atoms. The van der Waals surface area contributed by atoms with Gasteiger partial charge in [0.2, 0.25) is 5.89 Å². The minimum Gasteiger partial charge on any atom is -0.339 e. The second kappa shape index (κ2) is 2.32. The van der Waals surface area contributed by atoms with Crippen LogP contribution in [0, 0.1) is 0 Å². The van der Waals surface area contributed by atoms with Crippen molar-refractivity contribution < 1.29 is 4.52 Å². The van der Waals surface area contributed by atoms with Gasteiger partial charge in [0.1, 0.15) is 0 Å². The second-order valence-corrected chi connectivity index (χ2v) is 3.42. The summed E-state index contributed by atoms with van der Waals surface area (Å²) in [5.74, 6) is 2.64. The molecular weight excluding hydrogens is 140 g/mol. The zero-order valence-electron chi connectivity index (χ0n) is 6.87. The zero-order valence-corrected chi connectivity index (χ0v) is 6.87. The smallest absolute Gasteiger partial charge is 0.229 e. The van der Waals surface area contributed by atoms with Gasteiger partial charge >= 0.3 is 0 Å². The summed E-state index contributed by atoms with van der Waals surface area (Å²) >= 11 is 0. The molecule has 3 heteroatoms. The highest BCUT2D eigenvalue weighted by Gasteiger charge is 2.29. The molecule has 0 aromatic carbocycles. The lowest BCUT2D eigenvalue weighted by atomic mass is 10.2. The highest BCUT2D eigenvalue weighted by Crippen LogP contribution is 2.39. The predicted molar refractivity (Wildman–Crippen MR) is 40.4 cm³/mol. The Balaban J connectivity index is 2.18. The lowest BCUT2D eigenvalue weighted by Gasteiger charge is -1.91. The van der Waals surface area contributed by atoms with Crippen molar-refractivity contribution in [2.24, 2.45) is 0 Å². The number of nitrogens with zero attached hydrogens (tertiary/aromatic N) is 2. The molecule has 0 N–H and O–H groups in total. The summed E-state index contributed by atoms with van der Waals surface area (Å²) < 4.78 is 5.09. The lowest BCUT2D eigenvalue weighted by Crippen LogP contribution is -1.89. The van der Waals surface area contributed by atoms with E-state index in [0.29, 0.717) is 11.8 Å². The first kappa shape index (κ1) is 6.83. The van der Waals surface area contributed by atoms with Crippen molar-refractivity contribution in [3.05, 3.63) is 11.7 Å². The monoisotopic (exact) mass is 152 g/mol. The Morgan fingerprint density at radius 1 is 1.45 bits per heavy atom. The van der Waals surface area contributed by atoms with Crippen LogP contribution in [0.5, 0.6) is 0 Å². The van der Waals surface area contributed by atoms with Gasteiger partial charge in [0.25, 0.3) is 0 Å². The topological polar surface area (TPSA) is 38.9 Å². The third kappa shape index (κ3) is 1.27. The number of hydrogen-bond acceptors (Lipinski definition) is 3. The summed E-state index contributed by atoms with van der Waals surface area (Å²) in [7, 11) is 0. The lowest BCUT2D eigenvalue weighted by molar-refractivity contribution is 0.372. The fourth-order valence-corrected chi connectivity index (χ4v) is 0.978. The van der Waals surface area contributed by atoms with Gasteiger partial charge < -0.3 is 4.52 Å². The van der Waals surface area contributed by atoms with E-state index in [9.17, 15) is 0 Å². The molecule has 1 saturated carbocycles. The molecule has 1 aromatic heterocycles. The molecule has 0 radical (unpaired) electrons. The van der Waals surface area contributed by atoms with E-state index in [-0.39, 0.29) is 0 Å². The van der Waals surface area contributed by atoms with Crippen LogP contribution in [-0.4, -0.2) is 10.1 Å². The van der Waals surface area contributed by atoms with Crippen LogP contribution in [0.15, 0.2) is 4.52 Å². The maximum absolute atomic E-state index is 5.09. The first-order chi connectivity index (χ1) is 5.27. The Labute approximate surface area is 65.8 Å². The van der Waals surface area contributed by atoms with Crippen LogP contribution < -0.4 is 0 Å². The van der Waals surface area contributed by atoms with Crippen LogP contribution >= 0.6 is 0 Å². The highest BCUT2D eigenvalue weighted by molar-refractivity contribution is 5.03. The van der Waals surface area contributed by atoms with Crippen LogP contribution in [0.2, 0.25) is 0 Å². The molecule has 2 rings (SSSR count). The van der Waals surface area contributed by atoms with Crippen molar-refractivity contribution >= 4 is 0 Å². The first-order valence-corrected chi connectivity index (χ1v) is 4.11. The zero-order chi connectivity index (χ0) is 7.84. The van der Waals surface area contributed by atoms with Gasteiger partial charge in [-0.2, -0.15) is 4.98 Å². The molecule has 1 aliphatic carbocycles. The Morgan fingerprint density at radius 2 is 2.18 bits per heavy atom. The van der Waals surface area contributed by atoms with Gasteiger partial charge in [-0.05, 0) is 12.8 Å². The Hall–Kier alpha value is -0.860. The Morgan fingerprint density at radius 3 is 2.64 bits per heavy atom. The van der Waals surface area contributed by atoms with Gasteiger partial charge in [-0.1, -0.05) is 19.0 Å². The molecular formula is C8H12N2O. The normalized spacial score (nSPS) is 17.7. The molecule has 1 heterocycles. The molecule has 0 bridgehead atoms. The average molecular weight is 152 g/mol. The van der Waals surface area contributed by atoms with E-state index < -0.39 is 0 Å². The van der Waals surface area contributed by atoms with Crippen LogP contribution in [0.25, 0.3) is 0 Å². The molecule has 0 atom stereocenters. The third-order valence-electron chi connectivity index (χ3n) is 1.90. The molecule has 3 nitrogen and oxygen atoms in total. The van der Waals surface area contributed by atoms with Gasteiger partial charge in [-0.25, -0.2) is 0 Å². The second-order valence-electron chi connectivity index (χ2n) is 3.42. The van der Waals surface area contributed by atoms with Gasteiger partial charge in [-0.15, -0.1) is 0 Å². The molecule has 0 amide bonds. The fraction of sp³-hybridized carbons (Fsp3) is 0.750. The van der Waals surface area contributed by atoms with E-state index in [4.69, 9.17) is 4.52 Å². The van der Waals surface area contributed by atoms with Gasteiger partial charge in [-0.3, -0.25) is 0 Å². The summed E-state index contributed by atoms with van der Waals surface area (Å²) in [6.07, 6.45) is 2.44. The van der Waals surface area contributed by atoms with E-state index in [1.165, 1.54) is 12.8 Å². The minimum absolute atomic E-state index is 0.381. The summed E-state index contributed by atoms with van der Waals surface area (Å²) in [6, 6.07) is 0. The SMILES string of the molecule is CC(C)c1noc(C2CC2)n1. The van der Waals surface area contributed by atoms with Gasteiger partial charge in [0, 0.05) is 11.8 Å². The van der Waals surface area contributed by atoms with Crippen LogP contribution in [0.1, 0.15) is 50.2 Å². The van der Waals surface area contributed by atoms with Crippen molar-refractivity contribution in [3.8, 4) is 0 Å². The van der Waals surface area contributed by atoms with Crippen molar-refractivity contribution in [3.63, 3.8) is 0 Å². The summed E-state index contributed by atoms with van der Waals surface area (Å²) in [4.78, 5) is 4.29. The van der Waals surface area contributed by atoms with E-state index >= 15 is 0 Å². The molecule has 1 aromatic rings. The molecule has 0 unspecified atom stereocenters. The van der Waals surface area contributed by atoms with Crippen molar-refractivity contribution in [1.29, 1.82) is 0 Å². The van der Waals surface area contributed by atoms with Crippen LogP contribution in [0.3, 0.4) is 0 Å². The van der Waals surface area contributed by atoms with E-state index in [2.05, 4.69) is 24.0 Å². The Bertz CT molecular complexity index is 234. The van der Waals surface area contributed by atoms with E-state index in [1.54, 1.807) is 0 Å². The molecule has 60 valence electrons. The van der Waals surface area contributed by atoms with Gasteiger partial charge in [0.15, 0.2) is 5.82 Å². The highest BCUT2D eigenvalue weighted by atomic mass is 16.5. The third-order valence-corrected chi connectivity index (χ3v) is 1.90. The number of aromatic nitrogens is 2. The minimum atomic E-state index is 0.381. The summed E-state index contributed by atoms with van der Waals surface area (Å²) in [6.45, 7) is 4.14. The standard InChI is InChI=1S/C8H12N2O/c1-5(2)7-9-8(11-10-7)6-3-4-6/h5-6H,3-4H2,1-2H3. The molecule has 1 aliphatic rings. The quantitative estimate of drug-likeness (QED) is 0.651. The van der Waals surface area contributed by atoms with E-state index in [0.717, 1.165) is 11.7 Å². The summed E-state index contributed by atoms with van der Waals surface area (Å²) in [5.41, 5.74) is 0. The first-order valence-electron chi connectivity index (χ1n) is 4.11. The maximum Gasteiger partial charge on any atom is 0.229 e. The molecule has 0 saturated heterocycles. The van der Waals surface area contributed by atoms with E-state index in [1.807, 2.05) is 0 Å². The molecule has 11 heavy (non-hydrogen) atoms. The summed E-state index contributed by atoms with van der Waals surface area (Å²) in [5, 5.41) is 3.89. The molecule has 0 aliphatic heterocycles. The fourth-order valence-electron chi connectivity index (χ4n) is 0.978. The van der Waals surface area contributed by atoms with Crippen LogP contribution in [0.4, 0.5) is 0 Å². The molecule has 1 fully saturated rings. The van der Waals surface area contributed by atoms with Crippen molar-refractivity contribution in [2.45, 2.75) is 38.5 Å². The Kier molecular flexibility index (Phi) is 1.44. The number of hydrogen-bond donors (Lipinski definition) is 0. The van der Waals surface area contributed by atoms with Crippen LogP contribution in [-0.2, 0) is 0 Å². The predicted octanol–water partition coefficient (Wildman–Crippen LogP) is 2.07. The van der Waals surface area contributed by atoms with Gasteiger partial charge in [0.05, 0.1) is 0 Å². The maximum atomic E-state index is 5.09.